The highest BCUT2D eigenvalue weighted by Gasteiger charge is 2.26. The largest absolute Gasteiger partial charge is 0.364 e. The third kappa shape index (κ3) is 1.27. The van der Waals surface area contributed by atoms with Crippen LogP contribution in [0.2, 0.25) is 0 Å². The minimum absolute atomic E-state index is 0.479. The van der Waals surface area contributed by atoms with Crippen LogP contribution < -0.4 is 0 Å². The Morgan fingerprint density at radius 2 is 2.38 bits per heavy atom. The zero-order valence-electron chi connectivity index (χ0n) is 8.92. The summed E-state index contributed by atoms with van der Waals surface area (Å²) < 4.78 is 6.89. The zero-order valence-corrected chi connectivity index (χ0v) is 8.92. The van der Waals surface area contributed by atoms with Gasteiger partial charge in [0, 0.05) is 12.6 Å². The quantitative estimate of drug-likeness (QED) is 0.825. The Morgan fingerprint density at radius 1 is 1.50 bits per heavy atom. The molecule has 6 heteroatoms. The van der Waals surface area contributed by atoms with Crippen LogP contribution in [-0.4, -0.2) is 25.0 Å². The van der Waals surface area contributed by atoms with Gasteiger partial charge in [-0.1, -0.05) is 5.16 Å². The van der Waals surface area contributed by atoms with E-state index in [2.05, 4.69) is 14.7 Å². The number of nitrogens with zero attached hydrogens (tertiary/aromatic N) is 4. The van der Waals surface area contributed by atoms with Crippen molar-refractivity contribution in [1.29, 1.82) is 0 Å². The van der Waals surface area contributed by atoms with Gasteiger partial charge in [-0.3, -0.25) is 0 Å². The topological polar surface area (TPSA) is 67.3 Å². The van der Waals surface area contributed by atoms with Crippen LogP contribution in [0.5, 0.6) is 0 Å². The number of hydrogen-bond acceptors (Lipinski definition) is 5. The fourth-order valence-corrected chi connectivity index (χ4v) is 2.11. The van der Waals surface area contributed by atoms with Crippen LogP contribution in [0.4, 0.5) is 0 Å². The third-order valence-electron chi connectivity index (χ3n) is 2.80. The average Bonchev–Trinajstić information content (AvgIpc) is 2.90. The Balaban J connectivity index is 2.12. The van der Waals surface area contributed by atoms with E-state index >= 15 is 0 Å². The molecule has 0 unspecified atom stereocenters. The normalized spacial score (nSPS) is 15.6. The molecule has 1 aliphatic rings. The Kier molecular flexibility index (Phi) is 2.05. The lowest BCUT2D eigenvalue weighted by Crippen LogP contribution is -2.13. The van der Waals surface area contributed by atoms with Gasteiger partial charge in [0.1, 0.15) is 12.0 Å². The number of hydroxylamine groups is 2. The van der Waals surface area contributed by atoms with E-state index in [0.717, 1.165) is 29.5 Å². The third-order valence-corrected chi connectivity index (χ3v) is 2.80. The van der Waals surface area contributed by atoms with E-state index in [1.165, 1.54) is 11.3 Å². The molecule has 16 heavy (non-hydrogen) atoms. The number of rotatable bonds is 2. The lowest BCUT2D eigenvalue weighted by Gasteiger charge is -2.08. The van der Waals surface area contributed by atoms with Crippen LogP contribution in [0.1, 0.15) is 18.3 Å². The standard InChI is InChI=1S/C10H12N4O2/c1-2-14-9-6-13(15)5-8(9)11-10(14)7-3-4-16-12-7/h3-4,15H,2,5-6H2,1H3. The number of hydrogen-bond donors (Lipinski definition) is 1. The summed E-state index contributed by atoms with van der Waals surface area (Å²) in [6.07, 6.45) is 1.54. The molecule has 0 bridgehead atoms. The number of fused-ring (bicyclic) bond motifs is 1. The predicted molar refractivity (Wildman–Crippen MR) is 54.4 cm³/mol. The van der Waals surface area contributed by atoms with Crippen molar-refractivity contribution < 1.29 is 9.73 Å². The maximum absolute atomic E-state index is 9.43. The van der Waals surface area contributed by atoms with E-state index < -0.39 is 0 Å². The molecule has 0 aliphatic carbocycles. The Bertz CT molecular complexity index is 503. The van der Waals surface area contributed by atoms with Gasteiger partial charge in [-0.2, -0.15) is 5.06 Å². The maximum Gasteiger partial charge on any atom is 0.162 e. The summed E-state index contributed by atoms with van der Waals surface area (Å²) >= 11 is 0. The Hall–Kier alpha value is -1.66. The van der Waals surface area contributed by atoms with Crippen LogP contribution in [0.15, 0.2) is 16.9 Å². The van der Waals surface area contributed by atoms with Crippen molar-refractivity contribution in [2.75, 3.05) is 0 Å². The first-order chi connectivity index (χ1) is 7.79. The molecule has 1 aliphatic heterocycles. The first-order valence-corrected chi connectivity index (χ1v) is 5.22. The van der Waals surface area contributed by atoms with Crippen LogP contribution in [0.3, 0.4) is 0 Å². The molecule has 6 nitrogen and oxygen atoms in total. The van der Waals surface area contributed by atoms with E-state index in [4.69, 9.17) is 4.52 Å². The second kappa shape index (κ2) is 3.43. The van der Waals surface area contributed by atoms with Crippen molar-refractivity contribution in [3.05, 3.63) is 23.7 Å². The van der Waals surface area contributed by atoms with Gasteiger partial charge in [-0.25, -0.2) is 4.98 Å². The minimum Gasteiger partial charge on any atom is -0.364 e. The highest BCUT2D eigenvalue weighted by Crippen LogP contribution is 2.27. The van der Waals surface area contributed by atoms with Crippen molar-refractivity contribution >= 4 is 0 Å². The van der Waals surface area contributed by atoms with Gasteiger partial charge in [0.15, 0.2) is 5.82 Å². The van der Waals surface area contributed by atoms with Crippen LogP contribution >= 0.6 is 0 Å². The Labute approximate surface area is 92.1 Å². The van der Waals surface area contributed by atoms with Crippen molar-refractivity contribution in [3.8, 4) is 11.5 Å². The molecule has 2 aromatic heterocycles. The molecule has 0 radical (unpaired) electrons. The summed E-state index contributed by atoms with van der Waals surface area (Å²) in [7, 11) is 0. The molecule has 0 aromatic carbocycles. The molecule has 2 aromatic rings. The first-order valence-electron chi connectivity index (χ1n) is 5.22. The fourth-order valence-electron chi connectivity index (χ4n) is 2.11. The van der Waals surface area contributed by atoms with Crippen molar-refractivity contribution in [2.45, 2.75) is 26.6 Å². The lowest BCUT2D eigenvalue weighted by atomic mass is 10.4. The first kappa shape index (κ1) is 9.56. The van der Waals surface area contributed by atoms with Crippen molar-refractivity contribution in [1.82, 2.24) is 19.8 Å². The van der Waals surface area contributed by atoms with Crippen molar-refractivity contribution in [3.63, 3.8) is 0 Å². The van der Waals surface area contributed by atoms with Gasteiger partial charge in [0.05, 0.1) is 24.5 Å². The molecular weight excluding hydrogens is 208 g/mol. The zero-order chi connectivity index (χ0) is 11.1. The molecule has 0 spiro atoms. The second-order valence-corrected chi connectivity index (χ2v) is 3.78. The molecule has 1 N–H and O–H groups in total. The maximum atomic E-state index is 9.43. The molecule has 0 fully saturated rings. The highest BCUT2D eigenvalue weighted by atomic mass is 16.5. The van der Waals surface area contributed by atoms with E-state index in [0.29, 0.717) is 13.1 Å². The molecule has 0 atom stereocenters. The highest BCUT2D eigenvalue weighted by molar-refractivity contribution is 5.51. The average molecular weight is 220 g/mol. The number of imidazole rings is 1. The van der Waals surface area contributed by atoms with Gasteiger partial charge in [0.25, 0.3) is 0 Å². The monoisotopic (exact) mass is 220 g/mol. The van der Waals surface area contributed by atoms with Crippen molar-refractivity contribution in [2.24, 2.45) is 0 Å². The minimum atomic E-state index is 0.479. The van der Waals surface area contributed by atoms with Gasteiger partial charge in [-0.15, -0.1) is 0 Å². The molecular formula is C10H12N4O2. The smallest absolute Gasteiger partial charge is 0.162 e. The summed E-state index contributed by atoms with van der Waals surface area (Å²) in [6.45, 7) is 3.85. The van der Waals surface area contributed by atoms with Gasteiger partial charge in [0.2, 0.25) is 0 Å². The van der Waals surface area contributed by atoms with Gasteiger partial charge in [-0.05, 0) is 6.92 Å². The van der Waals surface area contributed by atoms with E-state index in [-0.39, 0.29) is 0 Å². The molecule has 84 valence electrons. The SMILES string of the molecule is CCn1c(-c2ccon2)nc2c1CN(O)C2. The summed E-state index contributed by atoms with van der Waals surface area (Å²) in [5.74, 6) is 0.814. The molecule has 3 heterocycles. The predicted octanol–water partition coefficient (Wildman–Crippen LogP) is 1.26. The second-order valence-electron chi connectivity index (χ2n) is 3.78. The Morgan fingerprint density at radius 3 is 3.06 bits per heavy atom. The van der Waals surface area contributed by atoms with E-state index in [1.54, 1.807) is 6.07 Å². The van der Waals surface area contributed by atoms with Crippen LogP contribution in [-0.2, 0) is 19.6 Å². The van der Waals surface area contributed by atoms with E-state index in [9.17, 15) is 5.21 Å². The molecule has 0 saturated carbocycles. The van der Waals surface area contributed by atoms with Gasteiger partial charge >= 0.3 is 0 Å². The fraction of sp³-hybridized carbons (Fsp3) is 0.400. The molecule has 0 amide bonds. The number of aromatic nitrogens is 3. The van der Waals surface area contributed by atoms with Gasteiger partial charge < -0.3 is 14.3 Å². The molecule has 3 rings (SSSR count). The summed E-state index contributed by atoms with van der Waals surface area (Å²) in [5.41, 5.74) is 2.71. The summed E-state index contributed by atoms with van der Waals surface area (Å²) in [4.78, 5) is 4.49. The van der Waals surface area contributed by atoms with Crippen LogP contribution in [0.25, 0.3) is 11.5 Å². The summed E-state index contributed by atoms with van der Waals surface area (Å²) in [5, 5.41) is 14.6. The van der Waals surface area contributed by atoms with E-state index in [1.807, 2.05) is 6.92 Å². The lowest BCUT2D eigenvalue weighted by molar-refractivity contribution is -0.0985. The summed E-state index contributed by atoms with van der Waals surface area (Å²) in [6, 6.07) is 1.79. The van der Waals surface area contributed by atoms with Crippen LogP contribution in [0, 0.1) is 0 Å². The molecule has 0 saturated heterocycles.